The Balaban J connectivity index is 3.80. The molecule has 0 saturated heterocycles. The van der Waals surface area contributed by atoms with Crippen LogP contribution in [0, 0.1) is 0 Å². The maximum Gasteiger partial charge on any atom is 0.450 e. The van der Waals surface area contributed by atoms with Crippen molar-refractivity contribution in [2.75, 3.05) is 6.54 Å². The Labute approximate surface area is 63.8 Å². The fraction of sp³-hybridized carbons (Fsp3) is 0.250. The lowest BCUT2D eigenvalue weighted by Crippen LogP contribution is -2.26. The van der Waals surface area contributed by atoms with Gasteiger partial charge in [-0.2, -0.15) is 8.42 Å². The van der Waals surface area contributed by atoms with Gasteiger partial charge in [0.2, 0.25) is 0 Å². The number of nitrogens with one attached hydrogen (secondary N) is 1. The lowest BCUT2D eigenvalue weighted by atomic mass is 10.6. The summed E-state index contributed by atoms with van der Waals surface area (Å²) >= 11 is 0. The molecule has 0 spiro atoms. The van der Waals surface area contributed by atoms with Crippen LogP contribution in [0.15, 0.2) is 12.7 Å². The van der Waals surface area contributed by atoms with Gasteiger partial charge in [-0.3, -0.25) is 4.55 Å². The maximum absolute atomic E-state index is 10.3. The molecule has 0 heterocycles. The average Bonchev–Trinajstić information content (AvgIpc) is 1.79. The third-order valence-corrected chi connectivity index (χ3v) is 0.934. The summed E-state index contributed by atoms with van der Waals surface area (Å²) in [5, 5.41) is 1.97. The summed E-state index contributed by atoms with van der Waals surface area (Å²) in [6.07, 6.45) is 0.0815. The molecule has 0 fully saturated rings. The van der Waals surface area contributed by atoms with Gasteiger partial charge in [-0.25, -0.2) is 4.79 Å². The highest BCUT2D eigenvalue weighted by molar-refractivity contribution is 7.81. The van der Waals surface area contributed by atoms with Crippen LogP contribution in [0.2, 0.25) is 0 Å². The van der Waals surface area contributed by atoms with Crippen LogP contribution in [0.3, 0.4) is 0 Å². The van der Waals surface area contributed by atoms with Crippen molar-refractivity contribution in [3.63, 3.8) is 0 Å². The second-order valence-electron chi connectivity index (χ2n) is 1.47. The van der Waals surface area contributed by atoms with Crippen molar-refractivity contribution in [2.45, 2.75) is 0 Å². The van der Waals surface area contributed by atoms with Crippen molar-refractivity contribution in [1.82, 2.24) is 5.32 Å². The second-order valence-corrected chi connectivity index (χ2v) is 2.49. The van der Waals surface area contributed by atoms with Crippen LogP contribution in [-0.4, -0.2) is 25.6 Å². The third-order valence-electron chi connectivity index (χ3n) is 0.572. The minimum atomic E-state index is -4.70. The van der Waals surface area contributed by atoms with Crippen LogP contribution in [0.5, 0.6) is 0 Å². The van der Waals surface area contributed by atoms with Crippen molar-refractivity contribution in [3.8, 4) is 0 Å². The van der Waals surface area contributed by atoms with Gasteiger partial charge in [-0.15, -0.1) is 6.58 Å². The number of hydrogen-bond acceptors (Lipinski definition) is 4. The molecule has 64 valence electrons. The molecule has 0 aromatic heterocycles. The van der Waals surface area contributed by atoms with E-state index < -0.39 is 16.5 Å². The first-order valence-corrected chi connectivity index (χ1v) is 3.88. The first-order chi connectivity index (χ1) is 4.95. The summed E-state index contributed by atoms with van der Waals surface area (Å²) in [6, 6.07) is 0. The van der Waals surface area contributed by atoms with E-state index >= 15 is 0 Å². The monoisotopic (exact) mass is 181 g/mol. The Morgan fingerprint density at radius 2 is 2.27 bits per heavy atom. The quantitative estimate of drug-likeness (QED) is 0.460. The lowest BCUT2D eigenvalue weighted by molar-refractivity contribution is 0.197. The van der Waals surface area contributed by atoms with Crippen molar-refractivity contribution < 1.29 is 21.9 Å². The Hall–Kier alpha value is -1.08. The van der Waals surface area contributed by atoms with E-state index in [4.69, 9.17) is 4.55 Å². The molecule has 11 heavy (non-hydrogen) atoms. The van der Waals surface area contributed by atoms with Gasteiger partial charge in [-0.05, 0) is 0 Å². The zero-order chi connectivity index (χ0) is 8.91. The van der Waals surface area contributed by atoms with Gasteiger partial charge in [0.1, 0.15) is 0 Å². The van der Waals surface area contributed by atoms with E-state index in [-0.39, 0.29) is 6.54 Å². The van der Waals surface area contributed by atoms with Gasteiger partial charge in [0.15, 0.2) is 0 Å². The molecule has 0 radical (unpaired) electrons. The van der Waals surface area contributed by atoms with Crippen molar-refractivity contribution in [1.29, 1.82) is 0 Å². The number of rotatable bonds is 3. The Kier molecular flexibility index (Phi) is 3.55. The molecule has 0 bridgehead atoms. The Bertz CT molecular complexity index is 243. The molecule has 0 saturated carbocycles. The molecule has 0 rings (SSSR count). The summed E-state index contributed by atoms with van der Waals surface area (Å²) in [5.74, 6) is 0. The topological polar surface area (TPSA) is 92.7 Å². The van der Waals surface area contributed by atoms with Crippen molar-refractivity contribution in [3.05, 3.63) is 12.7 Å². The summed E-state index contributed by atoms with van der Waals surface area (Å²) < 4.78 is 31.1. The van der Waals surface area contributed by atoms with E-state index in [9.17, 15) is 13.2 Å². The smallest absolute Gasteiger partial charge is 0.317 e. The summed E-state index contributed by atoms with van der Waals surface area (Å²) in [6.45, 7) is 3.31. The molecule has 7 heteroatoms. The highest BCUT2D eigenvalue weighted by Gasteiger charge is 2.10. The maximum atomic E-state index is 10.3. The zero-order valence-corrected chi connectivity index (χ0v) is 6.30. The van der Waals surface area contributed by atoms with Crippen LogP contribution in [0.25, 0.3) is 0 Å². The van der Waals surface area contributed by atoms with Crippen molar-refractivity contribution in [2.24, 2.45) is 0 Å². The number of carbonyl (C=O) groups is 1. The molecule has 0 aromatic carbocycles. The minimum Gasteiger partial charge on any atom is -0.317 e. The molecule has 0 unspecified atom stereocenters. The SMILES string of the molecule is C=CCNC(=O)OS(=O)(=O)O. The standard InChI is InChI=1S/C4H7NO5S/c1-2-3-5-4(6)10-11(7,8)9/h2H,1,3H2,(H,5,6)(H,7,8,9). The molecule has 6 nitrogen and oxygen atoms in total. The molecule has 0 aliphatic carbocycles. The average molecular weight is 181 g/mol. The predicted molar refractivity (Wildman–Crippen MR) is 36.2 cm³/mol. The Morgan fingerprint density at radius 3 is 2.64 bits per heavy atom. The third kappa shape index (κ3) is 6.81. The molecule has 2 N–H and O–H groups in total. The molecular weight excluding hydrogens is 174 g/mol. The molecule has 0 aliphatic rings. The van der Waals surface area contributed by atoms with Gasteiger partial charge in [0.25, 0.3) is 0 Å². The van der Waals surface area contributed by atoms with Crippen LogP contribution in [0.4, 0.5) is 4.79 Å². The van der Waals surface area contributed by atoms with E-state index in [0.29, 0.717) is 0 Å². The minimum absolute atomic E-state index is 0.0638. The first kappa shape index (κ1) is 9.92. The molecule has 1 amide bonds. The Morgan fingerprint density at radius 1 is 1.73 bits per heavy atom. The highest BCUT2D eigenvalue weighted by atomic mass is 32.3. The first-order valence-electron chi connectivity index (χ1n) is 2.51. The summed E-state index contributed by atoms with van der Waals surface area (Å²) in [5.41, 5.74) is 0. The lowest BCUT2D eigenvalue weighted by Gasteiger charge is -1.98. The van der Waals surface area contributed by atoms with Crippen molar-refractivity contribution >= 4 is 16.5 Å². The van der Waals surface area contributed by atoms with Crippen LogP contribution in [-0.2, 0) is 14.6 Å². The zero-order valence-electron chi connectivity index (χ0n) is 5.48. The summed E-state index contributed by atoms with van der Waals surface area (Å²) in [7, 11) is -4.70. The van der Waals surface area contributed by atoms with E-state index in [1.165, 1.54) is 6.08 Å². The van der Waals surface area contributed by atoms with E-state index in [1.807, 2.05) is 5.32 Å². The van der Waals surface area contributed by atoms with Gasteiger partial charge >= 0.3 is 16.5 Å². The molecule has 0 aliphatic heterocycles. The molecule has 0 atom stereocenters. The van der Waals surface area contributed by atoms with E-state index in [0.717, 1.165) is 0 Å². The predicted octanol–water partition coefficient (Wildman–Crippen LogP) is -0.299. The largest absolute Gasteiger partial charge is 0.450 e. The van der Waals surface area contributed by atoms with E-state index in [1.54, 1.807) is 0 Å². The van der Waals surface area contributed by atoms with Crippen LogP contribution in [0.1, 0.15) is 0 Å². The summed E-state index contributed by atoms with van der Waals surface area (Å²) in [4.78, 5) is 10.3. The number of hydrogen-bond donors (Lipinski definition) is 2. The van der Waals surface area contributed by atoms with Gasteiger partial charge in [0, 0.05) is 6.54 Å². The molecular formula is C4H7NO5S. The fourth-order valence-electron chi connectivity index (χ4n) is 0.281. The van der Waals surface area contributed by atoms with Gasteiger partial charge < -0.3 is 9.50 Å². The highest BCUT2D eigenvalue weighted by Crippen LogP contribution is 1.85. The van der Waals surface area contributed by atoms with Gasteiger partial charge in [0.05, 0.1) is 0 Å². The van der Waals surface area contributed by atoms with E-state index in [2.05, 4.69) is 10.8 Å². The second kappa shape index (κ2) is 3.94. The molecule has 0 aromatic rings. The number of carbonyl (C=O) groups excluding carboxylic acids is 1. The fourth-order valence-corrected chi connectivity index (χ4v) is 0.531. The van der Waals surface area contributed by atoms with Crippen LogP contribution < -0.4 is 5.32 Å². The number of amides is 1. The van der Waals surface area contributed by atoms with Gasteiger partial charge in [-0.1, -0.05) is 6.08 Å². The van der Waals surface area contributed by atoms with Crippen LogP contribution >= 0.6 is 0 Å². The normalized spacial score (nSPS) is 10.3.